The largest absolute Gasteiger partial charge is 0.485 e. The molecule has 20 heavy (non-hydrogen) atoms. The number of benzene rings is 2. The van der Waals surface area contributed by atoms with Gasteiger partial charge in [-0.05, 0) is 36.4 Å². The molecule has 2 rings (SSSR count). The zero-order chi connectivity index (χ0) is 14.5. The van der Waals surface area contributed by atoms with Gasteiger partial charge in [-0.25, -0.2) is 0 Å². The Balaban J connectivity index is 1.98. The van der Waals surface area contributed by atoms with Crippen molar-refractivity contribution in [3.63, 3.8) is 0 Å². The average Bonchev–Trinajstić information content (AvgIpc) is 2.45. The molecule has 2 aromatic carbocycles. The number of amides is 1. The molecule has 5 heteroatoms. The molecule has 0 bridgehead atoms. The summed E-state index contributed by atoms with van der Waals surface area (Å²) in [6.07, 6.45) is 0. The Morgan fingerprint density at radius 3 is 2.35 bits per heavy atom. The van der Waals surface area contributed by atoms with Crippen LogP contribution >= 0.6 is 11.6 Å². The molecule has 0 fully saturated rings. The Morgan fingerprint density at radius 2 is 1.75 bits per heavy atom. The molecule has 0 saturated heterocycles. The third-order valence-electron chi connectivity index (χ3n) is 2.66. The van der Waals surface area contributed by atoms with Crippen LogP contribution in [0.4, 0.5) is 0 Å². The summed E-state index contributed by atoms with van der Waals surface area (Å²) < 4.78 is 5.35. The molecule has 0 saturated carbocycles. The monoisotopic (exact) mass is 289 g/mol. The van der Waals surface area contributed by atoms with Crippen LogP contribution in [0.15, 0.2) is 48.5 Å². The topological polar surface area (TPSA) is 69.4 Å². The lowest BCUT2D eigenvalue weighted by Gasteiger charge is -2.06. The van der Waals surface area contributed by atoms with Gasteiger partial charge in [0.2, 0.25) is 5.91 Å². The first kappa shape index (κ1) is 14.1. The van der Waals surface area contributed by atoms with Crippen molar-refractivity contribution in [2.75, 3.05) is 6.61 Å². The zero-order valence-corrected chi connectivity index (χ0v) is 11.3. The second kappa shape index (κ2) is 6.21. The van der Waals surface area contributed by atoms with Crippen molar-refractivity contribution in [2.45, 2.75) is 0 Å². The smallest absolute Gasteiger partial charge is 0.248 e. The maximum Gasteiger partial charge on any atom is 0.248 e. The standard InChI is InChI=1S/C15H12ClNO3/c16-12-3-1-2-11(8-12)14(18)9-20-13-6-4-10(5-7-13)15(17)19/h1-8H,9H2,(H2,17,19). The summed E-state index contributed by atoms with van der Waals surface area (Å²) in [4.78, 5) is 22.8. The van der Waals surface area contributed by atoms with E-state index in [9.17, 15) is 9.59 Å². The maximum atomic E-state index is 11.9. The predicted molar refractivity (Wildman–Crippen MR) is 76.2 cm³/mol. The Kier molecular flexibility index (Phi) is 4.38. The van der Waals surface area contributed by atoms with Crippen molar-refractivity contribution in [3.8, 4) is 5.75 Å². The van der Waals surface area contributed by atoms with E-state index in [4.69, 9.17) is 22.1 Å². The van der Waals surface area contributed by atoms with Crippen LogP contribution in [0.3, 0.4) is 0 Å². The quantitative estimate of drug-likeness (QED) is 0.860. The minimum absolute atomic E-state index is 0.101. The van der Waals surface area contributed by atoms with E-state index in [1.54, 1.807) is 48.5 Å². The fourth-order valence-corrected chi connectivity index (χ4v) is 1.80. The molecule has 0 aliphatic carbocycles. The van der Waals surface area contributed by atoms with E-state index in [1.807, 2.05) is 0 Å². The van der Waals surface area contributed by atoms with Crippen molar-refractivity contribution in [1.82, 2.24) is 0 Å². The number of carbonyl (C=O) groups is 2. The fraction of sp³-hybridized carbons (Fsp3) is 0.0667. The molecule has 4 nitrogen and oxygen atoms in total. The average molecular weight is 290 g/mol. The Labute approximate surface area is 121 Å². The third kappa shape index (κ3) is 3.59. The van der Waals surface area contributed by atoms with E-state index >= 15 is 0 Å². The summed E-state index contributed by atoms with van der Waals surface area (Å²) in [5.74, 6) is -0.191. The van der Waals surface area contributed by atoms with E-state index in [-0.39, 0.29) is 12.4 Å². The van der Waals surface area contributed by atoms with Crippen molar-refractivity contribution in [3.05, 3.63) is 64.7 Å². The maximum absolute atomic E-state index is 11.9. The van der Waals surface area contributed by atoms with E-state index in [2.05, 4.69) is 0 Å². The molecule has 0 aliphatic rings. The van der Waals surface area contributed by atoms with Crippen LogP contribution in [0.5, 0.6) is 5.75 Å². The van der Waals surface area contributed by atoms with Crippen molar-refractivity contribution in [2.24, 2.45) is 5.73 Å². The molecule has 2 N–H and O–H groups in total. The molecule has 0 spiro atoms. The molecule has 102 valence electrons. The lowest BCUT2D eigenvalue weighted by atomic mass is 10.1. The number of ether oxygens (including phenoxy) is 1. The minimum Gasteiger partial charge on any atom is -0.485 e. The number of hydrogen-bond acceptors (Lipinski definition) is 3. The highest BCUT2D eigenvalue weighted by atomic mass is 35.5. The molecule has 0 aromatic heterocycles. The van der Waals surface area contributed by atoms with Crippen LogP contribution in [0.1, 0.15) is 20.7 Å². The minimum atomic E-state index is -0.508. The van der Waals surface area contributed by atoms with Crippen LogP contribution < -0.4 is 10.5 Å². The molecular weight excluding hydrogens is 278 g/mol. The van der Waals surface area contributed by atoms with Crippen LogP contribution in [0.2, 0.25) is 5.02 Å². The lowest BCUT2D eigenvalue weighted by Crippen LogP contribution is -2.12. The summed E-state index contributed by atoms with van der Waals surface area (Å²) in [7, 11) is 0. The normalized spacial score (nSPS) is 10.1. The van der Waals surface area contributed by atoms with Gasteiger partial charge >= 0.3 is 0 Å². The third-order valence-corrected chi connectivity index (χ3v) is 2.89. The summed E-state index contributed by atoms with van der Waals surface area (Å²) >= 11 is 5.82. The van der Waals surface area contributed by atoms with Crippen molar-refractivity contribution < 1.29 is 14.3 Å². The number of nitrogens with two attached hydrogens (primary N) is 1. The van der Waals surface area contributed by atoms with Gasteiger partial charge in [0.1, 0.15) is 5.75 Å². The number of Topliss-reactive ketones (excluding diaryl/α,β-unsaturated/α-hetero) is 1. The van der Waals surface area contributed by atoms with Gasteiger partial charge in [-0.2, -0.15) is 0 Å². The number of halogens is 1. The molecule has 0 heterocycles. The second-order valence-electron chi connectivity index (χ2n) is 4.11. The van der Waals surface area contributed by atoms with Gasteiger partial charge in [0, 0.05) is 16.1 Å². The lowest BCUT2D eigenvalue weighted by molar-refractivity contribution is 0.0920. The summed E-state index contributed by atoms with van der Waals surface area (Å²) in [5.41, 5.74) is 6.01. The molecule has 0 unspecified atom stereocenters. The predicted octanol–water partition coefficient (Wildman–Crippen LogP) is 2.70. The first-order valence-corrected chi connectivity index (χ1v) is 6.25. The van der Waals surface area contributed by atoms with Crippen LogP contribution in [0.25, 0.3) is 0 Å². The number of primary amides is 1. The van der Waals surface area contributed by atoms with Crippen LogP contribution in [-0.2, 0) is 0 Å². The molecule has 2 aromatic rings. The first-order valence-electron chi connectivity index (χ1n) is 5.87. The Hall–Kier alpha value is -2.33. The van der Waals surface area contributed by atoms with Crippen molar-refractivity contribution >= 4 is 23.3 Å². The summed E-state index contributed by atoms with van der Waals surface area (Å²) in [5, 5.41) is 0.502. The van der Waals surface area contributed by atoms with Gasteiger partial charge < -0.3 is 10.5 Å². The van der Waals surface area contributed by atoms with Gasteiger partial charge in [-0.3, -0.25) is 9.59 Å². The van der Waals surface area contributed by atoms with E-state index in [0.717, 1.165) is 0 Å². The molecule has 0 atom stereocenters. The first-order chi connectivity index (χ1) is 9.56. The molecule has 0 radical (unpaired) electrons. The second-order valence-corrected chi connectivity index (χ2v) is 4.55. The highest BCUT2D eigenvalue weighted by molar-refractivity contribution is 6.31. The van der Waals surface area contributed by atoms with Gasteiger partial charge in [0.15, 0.2) is 12.4 Å². The summed E-state index contributed by atoms with van der Waals surface area (Å²) in [6.45, 7) is -0.101. The van der Waals surface area contributed by atoms with Crippen LogP contribution in [0, 0.1) is 0 Å². The van der Waals surface area contributed by atoms with Crippen LogP contribution in [-0.4, -0.2) is 18.3 Å². The van der Waals surface area contributed by atoms with Crippen molar-refractivity contribution in [1.29, 1.82) is 0 Å². The number of ketones is 1. The number of rotatable bonds is 5. The van der Waals surface area contributed by atoms with Gasteiger partial charge in [0.25, 0.3) is 0 Å². The highest BCUT2D eigenvalue weighted by Crippen LogP contribution is 2.14. The van der Waals surface area contributed by atoms with Gasteiger partial charge in [-0.15, -0.1) is 0 Å². The highest BCUT2D eigenvalue weighted by Gasteiger charge is 2.07. The molecular formula is C15H12ClNO3. The number of carbonyl (C=O) groups excluding carboxylic acids is 2. The SMILES string of the molecule is NC(=O)c1ccc(OCC(=O)c2cccc(Cl)c2)cc1. The fourth-order valence-electron chi connectivity index (χ4n) is 1.61. The zero-order valence-electron chi connectivity index (χ0n) is 10.5. The molecule has 1 amide bonds. The summed E-state index contributed by atoms with van der Waals surface area (Å²) in [6, 6.07) is 12.9. The Morgan fingerprint density at radius 1 is 1.05 bits per heavy atom. The number of hydrogen-bond donors (Lipinski definition) is 1. The molecule has 0 aliphatic heterocycles. The van der Waals surface area contributed by atoms with E-state index in [1.165, 1.54) is 0 Å². The van der Waals surface area contributed by atoms with Gasteiger partial charge in [-0.1, -0.05) is 23.7 Å². The Bertz CT molecular complexity index is 638. The van der Waals surface area contributed by atoms with Gasteiger partial charge in [0.05, 0.1) is 0 Å². The van der Waals surface area contributed by atoms with E-state index < -0.39 is 5.91 Å². The van der Waals surface area contributed by atoms with E-state index in [0.29, 0.717) is 21.9 Å².